The summed E-state index contributed by atoms with van der Waals surface area (Å²) in [7, 11) is 0. The highest BCUT2D eigenvalue weighted by Crippen LogP contribution is 2.39. The Bertz CT molecular complexity index is 1820. The number of halogens is 2. The second-order valence-corrected chi connectivity index (χ2v) is 10.6. The largest absolute Gasteiger partial charge is 0.453 e. The van der Waals surface area contributed by atoms with Crippen molar-refractivity contribution in [3.05, 3.63) is 101 Å². The van der Waals surface area contributed by atoms with Gasteiger partial charge in [0.15, 0.2) is 17.9 Å². The summed E-state index contributed by atoms with van der Waals surface area (Å²) < 4.78 is 33.0. The molecule has 6 aromatic rings. The van der Waals surface area contributed by atoms with Gasteiger partial charge in [0.2, 0.25) is 0 Å². The molecule has 2 aromatic carbocycles. The number of H-pyrrole nitrogens is 1. The number of thiophene rings is 1. The van der Waals surface area contributed by atoms with Gasteiger partial charge in [-0.15, -0.1) is 11.3 Å². The second kappa shape index (κ2) is 10.0. The maximum absolute atomic E-state index is 15.1. The highest BCUT2D eigenvalue weighted by Gasteiger charge is 2.19. The standard InChI is InChI=1S/C29H20ClFN4O3S/c30-18-3-5-20-22(13-18)35-27(34-20)12-16-1-6-24(19(31)11-16)38-25-7-8-32-23-14-26(39-28(23)25)21-4-2-17(15-33-21)29-36-9-10-37-29/h1-8,11,13-15,29H,9-10,12H2,(H,34,35). The predicted octanol–water partition coefficient (Wildman–Crippen LogP) is 7.46. The number of pyridine rings is 2. The van der Waals surface area contributed by atoms with Crippen molar-refractivity contribution in [2.45, 2.75) is 12.7 Å². The van der Waals surface area contributed by atoms with Crippen molar-refractivity contribution >= 4 is 44.2 Å². The average molecular weight is 559 g/mol. The van der Waals surface area contributed by atoms with Crippen molar-refractivity contribution in [1.29, 1.82) is 0 Å². The average Bonchev–Trinajstić information content (AvgIpc) is 3.70. The summed E-state index contributed by atoms with van der Waals surface area (Å²) in [6, 6.07) is 18.0. The molecule has 0 amide bonds. The number of ether oxygens (including phenoxy) is 3. The van der Waals surface area contributed by atoms with Crippen molar-refractivity contribution in [2.75, 3.05) is 13.2 Å². The Morgan fingerprint density at radius 1 is 0.974 bits per heavy atom. The fourth-order valence-electron chi connectivity index (χ4n) is 4.53. The van der Waals surface area contributed by atoms with Gasteiger partial charge < -0.3 is 19.2 Å². The molecule has 1 N–H and O–H groups in total. The van der Waals surface area contributed by atoms with Gasteiger partial charge in [0.05, 0.1) is 45.0 Å². The van der Waals surface area contributed by atoms with Crippen LogP contribution in [-0.2, 0) is 15.9 Å². The quantitative estimate of drug-likeness (QED) is 0.228. The first-order valence-corrected chi connectivity index (χ1v) is 13.5. The molecule has 0 atom stereocenters. The fourth-order valence-corrected chi connectivity index (χ4v) is 5.74. The molecule has 1 aliphatic rings. The lowest BCUT2D eigenvalue weighted by Gasteiger charge is -2.09. The normalized spacial score (nSPS) is 14.0. The lowest BCUT2D eigenvalue weighted by atomic mass is 10.1. The third-order valence-electron chi connectivity index (χ3n) is 6.39. The highest BCUT2D eigenvalue weighted by molar-refractivity contribution is 7.22. The smallest absolute Gasteiger partial charge is 0.185 e. The highest BCUT2D eigenvalue weighted by atomic mass is 35.5. The van der Waals surface area contributed by atoms with E-state index in [0.717, 1.165) is 48.8 Å². The van der Waals surface area contributed by atoms with Gasteiger partial charge in [0.1, 0.15) is 11.6 Å². The molecule has 1 aliphatic heterocycles. The molecular weight excluding hydrogens is 539 g/mol. The molecule has 1 saturated heterocycles. The minimum atomic E-state index is -0.456. The number of fused-ring (bicyclic) bond motifs is 2. The monoisotopic (exact) mass is 558 g/mol. The van der Waals surface area contributed by atoms with E-state index < -0.39 is 5.82 Å². The van der Waals surface area contributed by atoms with E-state index >= 15 is 4.39 Å². The SMILES string of the molecule is Fc1cc(Cc2nc3ccc(Cl)cc3[nH]2)ccc1Oc1ccnc2cc(-c3ccc(C4OCCO4)cn3)sc12. The second-order valence-electron chi connectivity index (χ2n) is 9.07. The Balaban J connectivity index is 1.11. The molecule has 5 heterocycles. The van der Waals surface area contributed by atoms with E-state index in [1.165, 1.54) is 17.4 Å². The van der Waals surface area contributed by atoms with Crippen LogP contribution < -0.4 is 4.74 Å². The maximum atomic E-state index is 15.1. The summed E-state index contributed by atoms with van der Waals surface area (Å²) in [6.07, 6.45) is 3.49. The summed E-state index contributed by atoms with van der Waals surface area (Å²) in [6.45, 7) is 1.16. The molecule has 0 aliphatic carbocycles. The minimum absolute atomic E-state index is 0.136. The van der Waals surface area contributed by atoms with Crippen molar-refractivity contribution in [3.8, 4) is 22.1 Å². The van der Waals surface area contributed by atoms with Crippen LogP contribution in [-0.4, -0.2) is 33.1 Å². The van der Waals surface area contributed by atoms with Crippen molar-refractivity contribution in [3.63, 3.8) is 0 Å². The number of imidazole rings is 1. The lowest BCUT2D eigenvalue weighted by Crippen LogP contribution is -1.98. The zero-order valence-electron chi connectivity index (χ0n) is 20.4. The van der Waals surface area contributed by atoms with E-state index in [2.05, 4.69) is 19.9 Å². The Labute approximate surface area is 231 Å². The number of nitrogens with one attached hydrogen (secondary N) is 1. The molecule has 7 nitrogen and oxygen atoms in total. The molecule has 1 fully saturated rings. The van der Waals surface area contributed by atoms with Crippen LogP contribution in [0.2, 0.25) is 5.02 Å². The zero-order valence-corrected chi connectivity index (χ0v) is 21.9. The van der Waals surface area contributed by atoms with Gasteiger partial charge in [-0.3, -0.25) is 9.97 Å². The lowest BCUT2D eigenvalue weighted by molar-refractivity contribution is -0.0443. The Morgan fingerprint density at radius 3 is 2.69 bits per heavy atom. The van der Waals surface area contributed by atoms with E-state index in [1.807, 2.05) is 36.4 Å². The summed E-state index contributed by atoms with van der Waals surface area (Å²) in [4.78, 5) is 17.8. The first kappa shape index (κ1) is 24.2. The summed E-state index contributed by atoms with van der Waals surface area (Å²) in [5, 5.41) is 0.632. The van der Waals surface area contributed by atoms with Crippen molar-refractivity contribution in [1.82, 2.24) is 19.9 Å². The maximum Gasteiger partial charge on any atom is 0.185 e. The fraction of sp³-hybridized carbons (Fsp3) is 0.138. The number of aromatic amines is 1. The molecule has 7 rings (SSSR count). The third-order valence-corrected chi connectivity index (χ3v) is 7.79. The van der Waals surface area contributed by atoms with Crippen LogP contribution in [0.5, 0.6) is 11.5 Å². The summed E-state index contributed by atoms with van der Waals surface area (Å²) in [5.74, 6) is 0.937. The first-order valence-electron chi connectivity index (χ1n) is 12.3. The van der Waals surface area contributed by atoms with Gasteiger partial charge >= 0.3 is 0 Å². The van der Waals surface area contributed by atoms with Gasteiger partial charge in [-0.25, -0.2) is 9.37 Å². The van der Waals surface area contributed by atoms with Gasteiger partial charge in [0.25, 0.3) is 0 Å². The Kier molecular flexibility index (Phi) is 6.21. The molecule has 0 bridgehead atoms. The number of benzene rings is 2. The van der Waals surface area contributed by atoms with Crippen LogP contribution >= 0.6 is 22.9 Å². The molecule has 39 heavy (non-hydrogen) atoms. The minimum Gasteiger partial charge on any atom is -0.453 e. The zero-order chi connectivity index (χ0) is 26.3. The van der Waals surface area contributed by atoms with Crippen LogP contribution in [0.3, 0.4) is 0 Å². The molecule has 0 unspecified atom stereocenters. The van der Waals surface area contributed by atoms with E-state index in [-0.39, 0.29) is 12.0 Å². The van der Waals surface area contributed by atoms with Crippen molar-refractivity contribution in [2.24, 2.45) is 0 Å². The number of aromatic nitrogens is 4. The van der Waals surface area contributed by atoms with Crippen LogP contribution in [0.25, 0.3) is 31.8 Å². The molecule has 10 heteroatoms. The van der Waals surface area contributed by atoms with Gasteiger partial charge in [-0.1, -0.05) is 23.7 Å². The van der Waals surface area contributed by atoms with Gasteiger partial charge in [-0.05, 0) is 48.0 Å². The van der Waals surface area contributed by atoms with Crippen LogP contribution in [0, 0.1) is 5.82 Å². The van der Waals surface area contributed by atoms with Crippen LogP contribution in [0.15, 0.2) is 73.1 Å². The van der Waals surface area contributed by atoms with Crippen LogP contribution in [0.4, 0.5) is 4.39 Å². The number of nitrogens with zero attached hydrogens (tertiary/aromatic N) is 3. The predicted molar refractivity (Wildman–Crippen MR) is 148 cm³/mol. The summed E-state index contributed by atoms with van der Waals surface area (Å²) in [5.41, 5.74) is 4.86. The van der Waals surface area contributed by atoms with E-state index in [1.54, 1.807) is 30.6 Å². The molecule has 0 radical (unpaired) electrons. The Morgan fingerprint density at radius 2 is 1.87 bits per heavy atom. The molecular formula is C29H20ClFN4O3S. The number of hydrogen-bond donors (Lipinski definition) is 1. The third kappa shape index (κ3) is 4.86. The number of hydrogen-bond acceptors (Lipinski definition) is 7. The molecule has 4 aromatic heterocycles. The van der Waals surface area contributed by atoms with E-state index in [0.29, 0.717) is 30.4 Å². The summed E-state index contributed by atoms with van der Waals surface area (Å²) >= 11 is 7.55. The van der Waals surface area contributed by atoms with Crippen molar-refractivity contribution < 1.29 is 18.6 Å². The molecule has 0 spiro atoms. The van der Waals surface area contributed by atoms with Gasteiger partial charge in [-0.2, -0.15) is 0 Å². The topological polar surface area (TPSA) is 82.2 Å². The number of rotatable bonds is 6. The Hall–Kier alpha value is -3.89. The van der Waals surface area contributed by atoms with Crippen LogP contribution in [0.1, 0.15) is 23.2 Å². The van der Waals surface area contributed by atoms with E-state index in [9.17, 15) is 0 Å². The van der Waals surface area contributed by atoms with Gasteiger partial charge in [0, 0.05) is 35.5 Å². The molecule has 0 saturated carbocycles. The van der Waals surface area contributed by atoms with E-state index in [4.69, 9.17) is 25.8 Å². The molecule has 194 valence electrons. The first-order chi connectivity index (χ1) is 19.1.